The van der Waals surface area contributed by atoms with Crippen LogP contribution in [-0.2, 0) is 13.0 Å². The minimum Gasteiger partial charge on any atom is -0.328 e. The Morgan fingerprint density at radius 1 is 1.04 bits per heavy atom. The number of aromatic nitrogens is 2. The summed E-state index contributed by atoms with van der Waals surface area (Å²) < 4.78 is 2.34. The molecule has 0 spiro atoms. The third-order valence-corrected chi connectivity index (χ3v) is 5.49. The van der Waals surface area contributed by atoms with E-state index in [4.69, 9.17) is 4.98 Å². The molecule has 1 aromatic heterocycles. The van der Waals surface area contributed by atoms with E-state index in [1.54, 1.807) is 6.92 Å². The van der Waals surface area contributed by atoms with Crippen molar-refractivity contribution in [3.63, 3.8) is 0 Å². The summed E-state index contributed by atoms with van der Waals surface area (Å²) >= 11 is 3.55. The highest BCUT2D eigenvalue weighted by Gasteiger charge is 2.12. The van der Waals surface area contributed by atoms with Crippen LogP contribution < -0.4 is 0 Å². The molecule has 4 heteroatoms. The van der Waals surface area contributed by atoms with Crippen molar-refractivity contribution >= 4 is 43.5 Å². The highest BCUT2D eigenvalue weighted by molar-refractivity contribution is 9.09. The molecule has 4 aromatic rings. The summed E-state index contributed by atoms with van der Waals surface area (Å²) in [5, 5.41) is 3.42. The van der Waals surface area contributed by atoms with E-state index in [0.29, 0.717) is 0 Å². The van der Waals surface area contributed by atoms with Crippen LogP contribution in [0.2, 0.25) is 0 Å². The topological polar surface area (TPSA) is 34.9 Å². The maximum atomic E-state index is 11.5. The standard InChI is InChI=1S/C23H21BrN2O/c1-16(27)18-9-7-17(8-10-18)13-23-25-21-14-19-5-2-3-6-20(19)15-22(21)26(23)12-4-11-24/h2-3,5-10,14-15H,4,11-13H2,1H3. The summed E-state index contributed by atoms with van der Waals surface area (Å²) in [4.78, 5) is 16.4. The summed E-state index contributed by atoms with van der Waals surface area (Å²) in [5.41, 5.74) is 4.14. The summed E-state index contributed by atoms with van der Waals surface area (Å²) in [6.07, 6.45) is 1.81. The van der Waals surface area contributed by atoms with E-state index in [2.05, 4.69) is 56.9 Å². The van der Waals surface area contributed by atoms with Gasteiger partial charge in [0.05, 0.1) is 11.0 Å². The Balaban J connectivity index is 1.77. The minimum atomic E-state index is 0.0952. The van der Waals surface area contributed by atoms with Crippen LogP contribution in [0.25, 0.3) is 21.8 Å². The second-order valence-electron chi connectivity index (χ2n) is 6.84. The van der Waals surface area contributed by atoms with Crippen LogP contribution in [0.5, 0.6) is 0 Å². The molecule has 0 saturated carbocycles. The molecule has 0 aliphatic rings. The number of hydrogen-bond acceptors (Lipinski definition) is 2. The van der Waals surface area contributed by atoms with Gasteiger partial charge in [-0.05, 0) is 41.8 Å². The van der Waals surface area contributed by atoms with E-state index in [0.717, 1.165) is 41.6 Å². The van der Waals surface area contributed by atoms with Crippen molar-refractivity contribution in [2.45, 2.75) is 26.3 Å². The van der Waals surface area contributed by atoms with Crippen molar-refractivity contribution < 1.29 is 4.79 Å². The first-order valence-electron chi connectivity index (χ1n) is 9.19. The van der Waals surface area contributed by atoms with Crippen molar-refractivity contribution in [1.29, 1.82) is 0 Å². The molecule has 0 atom stereocenters. The van der Waals surface area contributed by atoms with Gasteiger partial charge in [0.2, 0.25) is 0 Å². The first-order valence-corrected chi connectivity index (χ1v) is 10.3. The van der Waals surface area contributed by atoms with E-state index in [9.17, 15) is 4.79 Å². The fraction of sp³-hybridized carbons (Fsp3) is 0.217. The fourth-order valence-corrected chi connectivity index (χ4v) is 3.75. The predicted molar refractivity (Wildman–Crippen MR) is 115 cm³/mol. The number of imidazole rings is 1. The van der Waals surface area contributed by atoms with Gasteiger partial charge in [0.25, 0.3) is 0 Å². The number of carbonyl (C=O) groups excluding carboxylic acids is 1. The predicted octanol–water partition coefficient (Wildman–Crippen LogP) is 5.77. The number of benzene rings is 3. The van der Waals surface area contributed by atoms with E-state index in [-0.39, 0.29) is 5.78 Å². The van der Waals surface area contributed by atoms with Gasteiger partial charge in [-0.1, -0.05) is 64.5 Å². The SMILES string of the molecule is CC(=O)c1ccc(Cc2nc3cc4ccccc4cc3n2CCCBr)cc1. The molecule has 1 heterocycles. The van der Waals surface area contributed by atoms with E-state index in [1.807, 2.05) is 24.3 Å². The Morgan fingerprint density at radius 3 is 2.41 bits per heavy atom. The summed E-state index contributed by atoms with van der Waals surface area (Å²) in [7, 11) is 0. The van der Waals surface area contributed by atoms with Gasteiger partial charge in [-0.2, -0.15) is 0 Å². The number of carbonyl (C=O) groups is 1. The van der Waals surface area contributed by atoms with Gasteiger partial charge >= 0.3 is 0 Å². The lowest BCUT2D eigenvalue weighted by molar-refractivity contribution is 0.101. The summed E-state index contributed by atoms with van der Waals surface area (Å²) in [6.45, 7) is 2.53. The molecule has 136 valence electrons. The van der Waals surface area contributed by atoms with Crippen LogP contribution >= 0.6 is 15.9 Å². The molecule has 0 bridgehead atoms. The van der Waals surface area contributed by atoms with Crippen LogP contribution in [0.3, 0.4) is 0 Å². The first-order chi connectivity index (χ1) is 13.2. The van der Waals surface area contributed by atoms with E-state index in [1.165, 1.54) is 21.9 Å². The summed E-state index contributed by atoms with van der Waals surface area (Å²) in [6, 6.07) is 20.7. The first kappa shape index (κ1) is 17.9. The number of Topliss-reactive ketones (excluding diaryl/α,β-unsaturated/α-hetero) is 1. The Morgan fingerprint density at radius 2 is 1.74 bits per heavy atom. The minimum absolute atomic E-state index is 0.0952. The van der Waals surface area contributed by atoms with Gasteiger partial charge in [-0.25, -0.2) is 4.98 Å². The lowest BCUT2D eigenvalue weighted by Crippen LogP contribution is -2.05. The molecule has 0 N–H and O–H groups in total. The number of nitrogens with zero attached hydrogens (tertiary/aromatic N) is 2. The van der Waals surface area contributed by atoms with Gasteiger partial charge in [0.1, 0.15) is 5.82 Å². The number of rotatable bonds is 6. The van der Waals surface area contributed by atoms with E-state index < -0.39 is 0 Å². The number of alkyl halides is 1. The number of ketones is 1. The second-order valence-corrected chi connectivity index (χ2v) is 7.63. The van der Waals surface area contributed by atoms with Crippen molar-refractivity contribution in [2.24, 2.45) is 0 Å². The molecule has 0 aliphatic carbocycles. The molecule has 0 radical (unpaired) electrons. The molecular formula is C23H21BrN2O. The maximum absolute atomic E-state index is 11.5. The fourth-order valence-electron chi connectivity index (χ4n) is 3.50. The smallest absolute Gasteiger partial charge is 0.159 e. The molecule has 3 nitrogen and oxygen atoms in total. The highest BCUT2D eigenvalue weighted by atomic mass is 79.9. The average Bonchev–Trinajstić information content (AvgIpc) is 3.00. The largest absolute Gasteiger partial charge is 0.328 e. The molecule has 0 unspecified atom stereocenters. The quantitative estimate of drug-likeness (QED) is 0.293. The van der Waals surface area contributed by atoms with Crippen LogP contribution in [0.1, 0.15) is 35.1 Å². The third-order valence-electron chi connectivity index (χ3n) is 4.93. The maximum Gasteiger partial charge on any atom is 0.159 e. The summed E-state index contributed by atoms with van der Waals surface area (Å²) in [5.74, 6) is 1.16. The zero-order valence-electron chi connectivity index (χ0n) is 15.3. The normalized spacial score (nSPS) is 11.3. The Hall–Kier alpha value is -2.46. The van der Waals surface area contributed by atoms with Gasteiger partial charge in [0, 0.05) is 23.9 Å². The van der Waals surface area contributed by atoms with Crippen molar-refractivity contribution in [1.82, 2.24) is 9.55 Å². The number of fused-ring (bicyclic) bond motifs is 2. The lowest BCUT2D eigenvalue weighted by Gasteiger charge is -2.09. The zero-order valence-corrected chi connectivity index (χ0v) is 16.9. The van der Waals surface area contributed by atoms with Gasteiger partial charge in [0.15, 0.2) is 5.78 Å². The van der Waals surface area contributed by atoms with Gasteiger partial charge in [-0.3, -0.25) is 4.79 Å². The molecule has 0 fully saturated rings. The number of halogens is 1. The molecule has 27 heavy (non-hydrogen) atoms. The van der Waals surface area contributed by atoms with Crippen molar-refractivity contribution in [3.8, 4) is 0 Å². The second kappa shape index (κ2) is 7.65. The Kier molecular flexibility index (Phi) is 5.08. The molecule has 0 amide bonds. The Labute approximate surface area is 167 Å². The highest BCUT2D eigenvalue weighted by Crippen LogP contribution is 2.25. The number of aryl methyl sites for hydroxylation is 1. The van der Waals surface area contributed by atoms with Crippen molar-refractivity contribution in [3.05, 3.63) is 77.6 Å². The van der Waals surface area contributed by atoms with Gasteiger partial charge < -0.3 is 4.57 Å². The zero-order chi connectivity index (χ0) is 18.8. The number of hydrogen-bond donors (Lipinski definition) is 0. The molecule has 4 rings (SSSR count). The lowest BCUT2D eigenvalue weighted by atomic mass is 10.1. The Bertz CT molecular complexity index is 1110. The van der Waals surface area contributed by atoms with Crippen molar-refractivity contribution in [2.75, 3.05) is 5.33 Å². The van der Waals surface area contributed by atoms with Crippen LogP contribution in [0, 0.1) is 0 Å². The van der Waals surface area contributed by atoms with E-state index >= 15 is 0 Å². The average molecular weight is 421 g/mol. The molecule has 0 saturated heterocycles. The third kappa shape index (κ3) is 3.67. The van der Waals surface area contributed by atoms with Crippen LogP contribution in [-0.4, -0.2) is 20.7 Å². The van der Waals surface area contributed by atoms with Crippen LogP contribution in [0.15, 0.2) is 60.7 Å². The van der Waals surface area contributed by atoms with Crippen LogP contribution in [0.4, 0.5) is 0 Å². The molecule has 0 aliphatic heterocycles. The monoisotopic (exact) mass is 420 g/mol. The van der Waals surface area contributed by atoms with Gasteiger partial charge in [-0.15, -0.1) is 0 Å². The molecule has 3 aromatic carbocycles. The molecular weight excluding hydrogens is 400 g/mol.